The Morgan fingerprint density at radius 3 is 2.56 bits per heavy atom. The Morgan fingerprint density at radius 2 is 2.00 bits per heavy atom. The number of aryl methyl sites for hydroxylation is 1. The highest BCUT2D eigenvalue weighted by molar-refractivity contribution is 5.40. The summed E-state index contributed by atoms with van der Waals surface area (Å²) >= 11 is 0. The van der Waals surface area contributed by atoms with Crippen molar-refractivity contribution in [3.05, 3.63) is 47.8 Å². The van der Waals surface area contributed by atoms with Gasteiger partial charge in [-0.05, 0) is 23.8 Å². The molecular weight excluding hydrogens is 202 g/mol. The van der Waals surface area contributed by atoms with E-state index in [1.807, 2.05) is 31.4 Å². The van der Waals surface area contributed by atoms with E-state index in [2.05, 4.69) is 5.10 Å². The molecule has 1 aromatic carbocycles. The smallest absolute Gasteiger partial charge is 0.0846 e. The second-order valence-electron chi connectivity index (χ2n) is 3.87. The molecule has 0 spiro atoms. The van der Waals surface area contributed by atoms with Crippen molar-refractivity contribution in [1.29, 1.82) is 0 Å². The summed E-state index contributed by atoms with van der Waals surface area (Å²) in [6.07, 6.45) is 1.85. The van der Waals surface area contributed by atoms with Gasteiger partial charge in [0.2, 0.25) is 0 Å². The first-order valence-corrected chi connectivity index (χ1v) is 5.17. The van der Waals surface area contributed by atoms with Gasteiger partial charge in [0.15, 0.2) is 0 Å². The van der Waals surface area contributed by atoms with Crippen LogP contribution in [0.2, 0.25) is 0 Å². The van der Waals surface area contributed by atoms with E-state index >= 15 is 0 Å². The maximum atomic E-state index is 9.98. The summed E-state index contributed by atoms with van der Waals surface area (Å²) < 4.78 is 1.73. The van der Waals surface area contributed by atoms with Crippen LogP contribution in [0.4, 0.5) is 5.69 Å². The van der Waals surface area contributed by atoms with Gasteiger partial charge in [-0.2, -0.15) is 5.10 Å². The van der Waals surface area contributed by atoms with Crippen LogP contribution in [0.25, 0.3) is 0 Å². The van der Waals surface area contributed by atoms with E-state index in [0.717, 1.165) is 11.3 Å². The van der Waals surface area contributed by atoms with Crippen molar-refractivity contribution < 1.29 is 5.11 Å². The van der Waals surface area contributed by atoms with E-state index in [0.29, 0.717) is 12.1 Å². The van der Waals surface area contributed by atoms with Crippen LogP contribution in [-0.4, -0.2) is 14.9 Å². The molecule has 4 heteroatoms. The molecule has 84 valence electrons. The zero-order chi connectivity index (χ0) is 11.5. The topological polar surface area (TPSA) is 64.1 Å². The molecule has 1 heterocycles. The number of anilines is 1. The maximum absolute atomic E-state index is 9.98. The number of rotatable bonds is 3. The fourth-order valence-electron chi connectivity index (χ4n) is 1.61. The molecule has 0 aliphatic heterocycles. The summed E-state index contributed by atoms with van der Waals surface area (Å²) in [6, 6.07) is 9.15. The van der Waals surface area contributed by atoms with Crippen molar-refractivity contribution >= 4 is 5.69 Å². The van der Waals surface area contributed by atoms with Gasteiger partial charge in [0.05, 0.1) is 11.8 Å². The molecule has 3 N–H and O–H groups in total. The molecule has 0 amide bonds. The molecule has 0 aliphatic rings. The molecular formula is C12H15N3O. The average Bonchev–Trinajstić information content (AvgIpc) is 2.65. The number of aliphatic hydroxyl groups excluding tert-OH is 1. The van der Waals surface area contributed by atoms with Crippen LogP contribution >= 0.6 is 0 Å². The van der Waals surface area contributed by atoms with E-state index in [1.54, 1.807) is 16.8 Å². The zero-order valence-corrected chi connectivity index (χ0v) is 9.17. The highest BCUT2D eigenvalue weighted by Gasteiger charge is 2.09. The maximum Gasteiger partial charge on any atom is 0.0846 e. The van der Waals surface area contributed by atoms with Gasteiger partial charge in [-0.1, -0.05) is 12.1 Å². The van der Waals surface area contributed by atoms with Gasteiger partial charge < -0.3 is 10.8 Å². The Balaban J connectivity index is 2.08. The molecule has 0 aliphatic carbocycles. The Labute approximate surface area is 94.3 Å². The summed E-state index contributed by atoms with van der Waals surface area (Å²) in [5.41, 5.74) is 8.03. The molecule has 0 bridgehead atoms. The van der Waals surface area contributed by atoms with Crippen LogP contribution < -0.4 is 5.73 Å². The normalized spacial score (nSPS) is 12.6. The van der Waals surface area contributed by atoms with Crippen molar-refractivity contribution in [2.75, 3.05) is 5.73 Å². The first-order valence-electron chi connectivity index (χ1n) is 5.17. The third kappa shape index (κ3) is 2.41. The van der Waals surface area contributed by atoms with Gasteiger partial charge in [-0.15, -0.1) is 0 Å². The minimum Gasteiger partial charge on any atom is -0.399 e. The zero-order valence-electron chi connectivity index (χ0n) is 9.17. The molecule has 4 nitrogen and oxygen atoms in total. The van der Waals surface area contributed by atoms with E-state index in [1.165, 1.54) is 0 Å². The number of nitrogens with two attached hydrogens (primary N) is 1. The predicted octanol–water partition coefficient (Wildman–Crippen LogP) is 1.28. The standard InChI is InChI=1S/C12H15N3O/c1-15-7-6-11(14-15)8-12(16)9-2-4-10(13)5-3-9/h2-7,12,16H,8,13H2,1H3. The van der Waals surface area contributed by atoms with Crippen LogP contribution in [0.3, 0.4) is 0 Å². The second kappa shape index (κ2) is 4.37. The fourth-order valence-corrected chi connectivity index (χ4v) is 1.61. The molecule has 1 aromatic heterocycles. The Morgan fingerprint density at radius 1 is 1.31 bits per heavy atom. The van der Waals surface area contributed by atoms with Gasteiger partial charge in [-0.3, -0.25) is 4.68 Å². The Bertz CT molecular complexity index is 461. The fraction of sp³-hybridized carbons (Fsp3) is 0.250. The molecule has 1 unspecified atom stereocenters. The summed E-state index contributed by atoms with van der Waals surface area (Å²) in [7, 11) is 1.86. The minimum atomic E-state index is -0.532. The number of aliphatic hydroxyl groups is 1. The monoisotopic (exact) mass is 217 g/mol. The van der Waals surface area contributed by atoms with Crippen LogP contribution in [0.15, 0.2) is 36.5 Å². The number of benzene rings is 1. The number of nitrogen functional groups attached to an aromatic ring is 1. The van der Waals surface area contributed by atoms with Crippen molar-refractivity contribution in [2.24, 2.45) is 7.05 Å². The van der Waals surface area contributed by atoms with Crippen LogP contribution in [0.5, 0.6) is 0 Å². The molecule has 16 heavy (non-hydrogen) atoms. The third-order valence-corrected chi connectivity index (χ3v) is 2.49. The van der Waals surface area contributed by atoms with Crippen molar-refractivity contribution in [3.8, 4) is 0 Å². The lowest BCUT2D eigenvalue weighted by Gasteiger charge is -2.09. The number of aromatic nitrogens is 2. The van der Waals surface area contributed by atoms with E-state index < -0.39 is 6.10 Å². The van der Waals surface area contributed by atoms with Gasteiger partial charge >= 0.3 is 0 Å². The van der Waals surface area contributed by atoms with Crippen molar-refractivity contribution in [2.45, 2.75) is 12.5 Å². The van der Waals surface area contributed by atoms with Crippen molar-refractivity contribution in [1.82, 2.24) is 9.78 Å². The quantitative estimate of drug-likeness (QED) is 0.761. The summed E-state index contributed by atoms with van der Waals surface area (Å²) in [6.45, 7) is 0. The molecule has 1 atom stereocenters. The van der Waals surface area contributed by atoms with E-state index in [9.17, 15) is 5.11 Å². The second-order valence-corrected chi connectivity index (χ2v) is 3.87. The predicted molar refractivity (Wildman–Crippen MR) is 62.7 cm³/mol. The molecule has 0 saturated heterocycles. The Hall–Kier alpha value is -1.81. The largest absolute Gasteiger partial charge is 0.399 e. The molecule has 0 saturated carbocycles. The lowest BCUT2D eigenvalue weighted by molar-refractivity contribution is 0.177. The Kier molecular flexibility index (Phi) is 2.92. The lowest BCUT2D eigenvalue weighted by atomic mass is 10.0. The number of hydrogen-bond donors (Lipinski definition) is 2. The van der Waals surface area contributed by atoms with Gasteiger partial charge in [0, 0.05) is 25.4 Å². The highest BCUT2D eigenvalue weighted by atomic mass is 16.3. The average molecular weight is 217 g/mol. The SMILES string of the molecule is Cn1ccc(CC(O)c2ccc(N)cc2)n1. The van der Waals surface area contributed by atoms with Gasteiger partial charge in [0.1, 0.15) is 0 Å². The highest BCUT2D eigenvalue weighted by Crippen LogP contribution is 2.18. The molecule has 2 rings (SSSR count). The first-order chi connectivity index (χ1) is 7.65. The van der Waals surface area contributed by atoms with Gasteiger partial charge in [-0.25, -0.2) is 0 Å². The number of nitrogens with zero attached hydrogens (tertiary/aromatic N) is 2. The number of hydrogen-bond acceptors (Lipinski definition) is 3. The van der Waals surface area contributed by atoms with Gasteiger partial charge in [0.25, 0.3) is 0 Å². The lowest BCUT2D eigenvalue weighted by Crippen LogP contribution is -2.03. The summed E-state index contributed by atoms with van der Waals surface area (Å²) in [4.78, 5) is 0. The first kappa shape index (κ1) is 10.7. The molecule has 0 radical (unpaired) electrons. The minimum absolute atomic E-state index is 0.519. The molecule has 2 aromatic rings. The van der Waals surface area contributed by atoms with Crippen LogP contribution in [0, 0.1) is 0 Å². The molecule has 0 fully saturated rings. The summed E-state index contributed by atoms with van der Waals surface area (Å²) in [5.74, 6) is 0. The summed E-state index contributed by atoms with van der Waals surface area (Å²) in [5, 5.41) is 14.2. The van der Waals surface area contributed by atoms with Crippen molar-refractivity contribution in [3.63, 3.8) is 0 Å². The van der Waals surface area contributed by atoms with Crippen LogP contribution in [0.1, 0.15) is 17.4 Å². The third-order valence-electron chi connectivity index (χ3n) is 2.49. The van der Waals surface area contributed by atoms with E-state index in [4.69, 9.17) is 5.73 Å². The van der Waals surface area contributed by atoms with E-state index in [-0.39, 0.29) is 0 Å². The van der Waals surface area contributed by atoms with Crippen LogP contribution in [-0.2, 0) is 13.5 Å².